The summed E-state index contributed by atoms with van der Waals surface area (Å²) in [5.74, 6) is 0. The summed E-state index contributed by atoms with van der Waals surface area (Å²) in [5, 5.41) is 5.41. The van der Waals surface area contributed by atoms with Crippen LogP contribution in [-0.2, 0) is 0 Å². The number of rotatable bonds is 2. The minimum Gasteiger partial charge on any atom is -0.310 e. The SMILES string of the molecule is CC1C(c2cccc3ccccc23)N1C(=O)Nc1ccccc1. The van der Waals surface area contributed by atoms with Crippen molar-refractivity contribution in [2.75, 3.05) is 5.32 Å². The summed E-state index contributed by atoms with van der Waals surface area (Å²) in [6.45, 7) is 2.09. The van der Waals surface area contributed by atoms with E-state index in [-0.39, 0.29) is 18.1 Å². The second kappa shape index (κ2) is 5.43. The zero-order valence-electron chi connectivity index (χ0n) is 12.9. The second-order valence-electron chi connectivity index (χ2n) is 5.96. The van der Waals surface area contributed by atoms with Gasteiger partial charge in [0.05, 0.1) is 12.1 Å². The average molecular weight is 302 g/mol. The van der Waals surface area contributed by atoms with Crippen molar-refractivity contribution in [2.45, 2.75) is 19.0 Å². The number of carbonyl (C=O) groups is 1. The van der Waals surface area contributed by atoms with Crippen molar-refractivity contribution in [3.8, 4) is 0 Å². The Labute approximate surface area is 135 Å². The molecule has 1 aliphatic heterocycles. The minimum atomic E-state index is -0.0402. The van der Waals surface area contributed by atoms with Crippen LogP contribution in [0, 0.1) is 0 Å². The highest BCUT2D eigenvalue weighted by Gasteiger charge is 2.49. The van der Waals surface area contributed by atoms with Crippen molar-refractivity contribution < 1.29 is 4.79 Å². The van der Waals surface area contributed by atoms with E-state index >= 15 is 0 Å². The Bertz CT molecular complexity index is 854. The lowest BCUT2D eigenvalue weighted by atomic mass is 10.0. The molecule has 0 aromatic heterocycles. The van der Waals surface area contributed by atoms with Gasteiger partial charge in [0, 0.05) is 5.69 Å². The molecular weight excluding hydrogens is 284 g/mol. The first-order valence-corrected chi connectivity index (χ1v) is 7.88. The Balaban J connectivity index is 1.60. The van der Waals surface area contributed by atoms with Crippen molar-refractivity contribution in [3.63, 3.8) is 0 Å². The molecule has 1 saturated heterocycles. The van der Waals surface area contributed by atoms with Gasteiger partial charge in [-0.25, -0.2) is 4.79 Å². The third-order valence-corrected chi connectivity index (χ3v) is 4.51. The fourth-order valence-electron chi connectivity index (χ4n) is 3.29. The Hall–Kier alpha value is -2.81. The van der Waals surface area contributed by atoms with Crippen LogP contribution in [0.25, 0.3) is 10.8 Å². The van der Waals surface area contributed by atoms with Crippen LogP contribution in [0.15, 0.2) is 72.8 Å². The summed E-state index contributed by atoms with van der Waals surface area (Å²) in [5.41, 5.74) is 2.05. The normalized spacial score (nSPS) is 19.6. The highest BCUT2D eigenvalue weighted by Crippen LogP contribution is 2.45. The summed E-state index contributed by atoms with van der Waals surface area (Å²) < 4.78 is 0. The van der Waals surface area contributed by atoms with Crippen molar-refractivity contribution >= 4 is 22.5 Å². The van der Waals surface area contributed by atoms with Crippen LogP contribution in [0.3, 0.4) is 0 Å². The zero-order chi connectivity index (χ0) is 15.8. The number of amides is 2. The first-order chi connectivity index (χ1) is 11.3. The summed E-state index contributed by atoms with van der Waals surface area (Å²) in [6.07, 6.45) is 0. The van der Waals surface area contributed by atoms with Crippen molar-refractivity contribution in [1.29, 1.82) is 0 Å². The molecule has 2 unspecified atom stereocenters. The van der Waals surface area contributed by atoms with E-state index in [1.54, 1.807) is 0 Å². The zero-order valence-corrected chi connectivity index (χ0v) is 12.9. The third-order valence-electron chi connectivity index (χ3n) is 4.51. The maximum absolute atomic E-state index is 12.5. The van der Waals surface area contributed by atoms with Gasteiger partial charge in [-0.05, 0) is 35.4 Å². The van der Waals surface area contributed by atoms with Gasteiger partial charge in [-0.1, -0.05) is 60.7 Å². The van der Waals surface area contributed by atoms with Gasteiger partial charge in [0.25, 0.3) is 0 Å². The van der Waals surface area contributed by atoms with Crippen LogP contribution in [0.4, 0.5) is 10.5 Å². The van der Waals surface area contributed by atoms with Gasteiger partial charge in [0.1, 0.15) is 0 Å². The van der Waals surface area contributed by atoms with E-state index in [1.807, 2.05) is 47.4 Å². The quantitative estimate of drug-likeness (QED) is 0.676. The molecule has 1 fully saturated rings. The van der Waals surface area contributed by atoms with E-state index < -0.39 is 0 Å². The summed E-state index contributed by atoms with van der Waals surface area (Å²) >= 11 is 0. The van der Waals surface area contributed by atoms with E-state index in [9.17, 15) is 4.79 Å². The number of nitrogens with one attached hydrogen (secondary N) is 1. The van der Waals surface area contributed by atoms with Crippen LogP contribution in [0.2, 0.25) is 0 Å². The molecule has 0 saturated carbocycles. The third kappa shape index (κ3) is 2.44. The Morgan fingerprint density at radius 1 is 0.913 bits per heavy atom. The van der Waals surface area contributed by atoms with E-state index in [4.69, 9.17) is 0 Å². The molecule has 0 radical (unpaired) electrons. The molecule has 23 heavy (non-hydrogen) atoms. The second-order valence-corrected chi connectivity index (χ2v) is 5.96. The first kappa shape index (κ1) is 13.8. The molecule has 0 aliphatic carbocycles. The van der Waals surface area contributed by atoms with Gasteiger partial charge in [-0.2, -0.15) is 0 Å². The lowest BCUT2D eigenvalue weighted by Crippen LogP contribution is -2.20. The van der Waals surface area contributed by atoms with Gasteiger partial charge < -0.3 is 10.2 Å². The molecule has 0 bridgehead atoms. The Morgan fingerprint density at radius 2 is 1.61 bits per heavy atom. The standard InChI is InChI=1S/C20H18N2O/c1-14-19(18-13-7-9-15-8-5-6-12-17(15)18)22(14)20(23)21-16-10-3-2-4-11-16/h2-14,19H,1H3,(H,21,23). The van der Waals surface area contributed by atoms with E-state index in [0.29, 0.717) is 0 Å². The molecule has 1 heterocycles. The number of nitrogens with zero attached hydrogens (tertiary/aromatic N) is 1. The number of hydrogen-bond acceptors (Lipinski definition) is 1. The molecule has 0 spiro atoms. The largest absolute Gasteiger partial charge is 0.322 e. The highest BCUT2D eigenvalue weighted by atomic mass is 16.2. The first-order valence-electron chi connectivity index (χ1n) is 7.88. The number of fused-ring (bicyclic) bond motifs is 1. The predicted octanol–water partition coefficient (Wildman–Crippen LogP) is 4.82. The van der Waals surface area contributed by atoms with Gasteiger partial charge >= 0.3 is 6.03 Å². The van der Waals surface area contributed by atoms with Crippen LogP contribution in [0.5, 0.6) is 0 Å². The van der Waals surface area contributed by atoms with Crippen molar-refractivity contribution in [2.24, 2.45) is 0 Å². The number of hydrogen-bond donors (Lipinski definition) is 1. The topological polar surface area (TPSA) is 32.1 Å². The molecule has 3 aromatic carbocycles. The number of urea groups is 1. The molecule has 3 heteroatoms. The molecule has 1 N–H and O–H groups in total. The molecule has 2 atom stereocenters. The molecule has 114 valence electrons. The van der Waals surface area contributed by atoms with E-state index in [0.717, 1.165) is 5.69 Å². The van der Waals surface area contributed by atoms with Gasteiger partial charge in [-0.15, -0.1) is 0 Å². The number of carbonyl (C=O) groups excluding carboxylic acids is 1. The van der Waals surface area contributed by atoms with Crippen LogP contribution < -0.4 is 5.32 Å². The predicted molar refractivity (Wildman–Crippen MR) is 93.5 cm³/mol. The minimum absolute atomic E-state index is 0.0402. The van der Waals surface area contributed by atoms with Crippen molar-refractivity contribution in [3.05, 3.63) is 78.4 Å². The van der Waals surface area contributed by atoms with Gasteiger partial charge in [0.15, 0.2) is 0 Å². The number of anilines is 1. The van der Waals surface area contributed by atoms with E-state index in [1.165, 1.54) is 16.3 Å². The average Bonchev–Trinajstić information content (AvgIpc) is 3.26. The maximum atomic E-state index is 12.5. The molecule has 3 aromatic rings. The highest BCUT2D eigenvalue weighted by molar-refractivity contribution is 5.93. The van der Waals surface area contributed by atoms with Crippen LogP contribution in [-0.4, -0.2) is 17.0 Å². The van der Waals surface area contributed by atoms with Gasteiger partial charge in [0.2, 0.25) is 0 Å². The maximum Gasteiger partial charge on any atom is 0.322 e. The molecule has 4 rings (SSSR count). The Morgan fingerprint density at radius 3 is 2.43 bits per heavy atom. The smallest absolute Gasteiger partial charge is 0.310 e. The summed E-state index contributed by atoms with van der Waals surface area (Å²) in [4.78, 5) is 14.4. The summed E-state index contributed by atoms with van der Waals surface area (Å²) in [6, 6.07) is 24.5. The molecule has 2 amide bonds. The number of benzene rings is 3. The Kier molecular flexibility index (Phi) is 3.27. The molecular formula is C20H18N2O. The molecule has 1 aliphatic rings. The lowest BCUT2D eigenvalue weighted by Gasteiger charge is -2.09. The van der Waals surface area contributed by atoms with Crippen LogP contribution in [0.1, 0.15) is 18.5 Å². The summed E-state index contributed by atoms with van der Waals surface area (Å²) in [7, 11) is 0. The number of para-hydroxylation sites is 1. The van der Waals surface area contributed by atoms with E-state index in [2.05, 4.69) is 42.6 Å². The van der Waals surface area contributed by atoms with Gasteiger partial charge in [-0.3, -0.25) is 0 Å². The monoisotopic (exact) mass is 302 g/mol. The lowest BCUT2D eigenvalue weighted by molar-refractivity contribution is 0.238. The molecule has 3 nitrogen and oxygen atoms in total. The fourth-order valence-corrected chi connectivity index (χ4v) is 3.29. The van der Waals surface area contributed by atoms with Crippen LogP contribution >= 0.6 is 0 Å². The van der Waals surface area contributed by atoms with Crippen molar-refractivity contribution in [1.82, 2.24) is 4.90 Å². The fraction of sp³-hybridized carbons (Fsp3) is 0.150.